The summed E-state index contributed by atoms with van der Waals surface area (Å²) in [6.07, 6.45) is -0.891. The standard InChI is InChI=1S/C12H16F2N2O3/c1-18-12(17)9-3-2-4-16-10(9)7-15-5-6-19-8-11(13)14/h2-4,11,15H,5-8H2,1H3. The first-order chi connectivity index (χ1) is 9.15. The molecule has 106 valence electrons. The van der Waals surface area contributed by atoms with Gasteiger partial charge >= 0.3 is 5.97 Å². The van der Waals surface area contributed by atoms with Crippen LogP contribution < -0.4 is 5.32 Å². The lowest BCUT2D eigenvalue weighted by atomic mass is 10.2. The second-order valence-corrected chi connectivity index (χ2v) is 3.63. The van der Waals surface area contributed by atoms with E-state index in [2.05, 4.69) is 15.0 Å². The number of ether oxygens (including phenoxy) is 2. The van der Waals surface area contributed by atoms with Crippen LogP contribution in [0.3, 0.4) is 0 Å². The summed E-state index contributed by atoms with van der Waals surface area (Å²) in [5.41, 5.74) is 0.925. The Morgan fingerprint density at radius 1 is 1.53 bits per heavy atom. The number of hydrogen-bond donors (Lipinski definition) is 1. The Hall–Kier alpha value is -1.60. The van der Waals surface area contributed by atoms with Crippen molar-refractivity contribution in [1.29, 1.82) is 0 Å². The highest BCUT2D eigenvalue weighted by Crippen LogP contribution is 2.06. The number of aromatic nitrogens is 1. The molecule has 7 heteroatoms. The van der Waals surface area contributed by atoms with Crippen molar-refractivity contribution in [1.82, 2.24) is 10.3 Å². The number of nitrogens with zero attached hydrogens (tertiary/aromatic N) is 1. The van der Waals surface area contributed by atoms with Crippen LogP contribution >= 0.6 is 0 Å². The maximum absolute atomic E-state index is 11.8. The molecule has 0 amide bonds. The Morgan fingerprint density at radius 2 is 2.32 bits per heavy atom. The van der Waals surface area contributed by atoms with E-state index >= 15 is 0 Å². The number of nitrogens with one attached hydrogen (secondary N) is 1. The van der Waals surface area contributed by atoms with E-state index in [9.17, 15) is 13.6 Å². The van der Waals surface area contributed by atoms with E-state index in [0.717, 1.165) is 0 Å². The van der Waals surface area contributed by atoms with Gasteiger partial charge in [0.05, 0.1) is 25.0 Å². The van der Waals surface area contributed by atoms with Crippen LogP contribution in [0.1, 0.15) is 16.1 Å². The summed E-state index contributed by atoms with van der Waals surface area (Å²) < 4.78 is 32.9. The highest BCUT2D eigenvalue weighted by atomic mass is 19.3. The molecule has 1 aromatic rings. The summed E-state index contributed by atoms with van der Waals surface area (Å²) in [6, 6.07) is 3.25. The molecule has 1 heterocycles. The topological polar surface area (TPSA) is 60.5 Å². The number of esters is 1. The Kier molecular flexibility index (Phi) is 6.91. The maximum atomic E-state index is 11.8. The van der Waals surface area contributed by atoms with Crippen LogP contribution in [0.25, 0.3) is 0 Å². The molecule has 1 aromatic heterocycles. The minimum Gasteiger partial charge on any atom is -0.465 e. The van der Waals surface area contributed by atoms with Crippen molar-refractivity contribution < 1.29 is 23.0 Å². The first-order valence-electron chi connectivity index (χ1n) is 5.74. The first-order valence-corrected chi connectivity index (χ1v) is 5.74. The molecular weight excluding hydrogens is 258 g/mol. The molecule has 0 spiro atoms. The van der Waals surface area contributed by atoms with E-state index in [1.165, 1.54) is 7.11 Å². The average Bonchev–Trinajstić information content (AvgIpc) is 2.42. The van der Waals surface area contributed by atoms with Crippen molar-refractivity contribution in [3.63, 3.8) is 0 Å². The molecule has 0 atom stereocenters. The van der Waals surface area contributed by atoms with E-state index in [0.29, 0.717) is 24.3 Å². The fourth-order valence-corrected chi connectivity index (χ4v) is 1.40. The normalized spacial score (nSPS) is 10.7. The zero-order chi connectivity index (χ0) is 14.1. The second kappa shape index (κ2) is 8.49. The molecule has 0 bridgehead atoms. The lowest BCUT2D eigenvalue weighted by Gasteiger charge is -2.08. The van der Waals surface area contributed by atoms with Crippen LogP contribution in [0.4, 0.5) is 8.78 Å². The third-order valence-corrected chi connectivity index (χ3v) is 2.26. The van der Waals surface area contributed by atoms with Crippen molar-refractivity contribution >= 4 is 5.97 Å². The van der Waals surface area contributed by atoms with Gasteiger partial charge in [-0.25, -0.2) is 13.6 Å². The summed E-state index contributed by atoms with van der Waals surface area (Å²) >= 11 is 0. The zero-order valence-electron chi connectivity index (χ0n) is 10.6. The Bertz CT molecular complexity index is 402. The molecule has 1 N–H and O–H groups in total. The fourth-order valence-electron chi connectivity index (χ4n) is 1.40. The van der Waals surface area contributed by atoms with Crippen molar-refractivity contribution in [3.8, 4) is 0 Å². The van der Waals surface area contributed by atoms with Crippen LogP contribution in [0.2, 0.25) is 0 Å². The van der Waals surface area contributed by atoms with E-state index in [4.69, 9.17) is 4.74 Å². The smallest absolute Gasteiger partial charge is 0.339 e. The number of hydrogen-bond acceptors (Lipinski definition) is 5. The molecule has 0 aliphatic carbocycles. The largest absolute Gasteiger partial charge is 0.465 e. The van der Waals surface area contributed by atoms with Crippen LogP contribution in [0.5, 0.6) is 0 Å². The third-order valence-electron chi connectivity index (χ3n) is 2.26. The Balaban J connectivity index is 2.35. The van der Waals surface area contributed by atoms with Crippen molar-refractivity contribution in [3.05, 3.63) is 29.6 Å². The van der Waals surface area contributed by atoms with Crippen molar-refractivity contribution in [2.75, 3.05) is 26.9 Å². The maximum Gasteiger partial charge on any atom is 0.339 e. The summed E-state index contributed by atoms with van der Waals surface area (Å²) in [7, 11) is 1.30. The summed E-state index contributed by atoms with van der Waals surface area (Å²) in [5.74, 6) is -0.459. The monoisotopic (exact) mass is 274 g/mol. The fraction of sp³-hybridized carbons (Fsp3) is 0.500. The van der Waals surface area contributed by atoms with Crippen LogP contribution in [0.15, 0.2) is 18.3 Å². The van der Waals surface area contributed by atoms with Gasteiger partial charge in [0, 0.05) is 19.3 Å². The minimum absolute atomic E-state index is 0.171. The summed E-state index contributed by atoms with van der Waals surface area (Å²) in [5, 5.41) is 2.95. The van der Waals surface area contributed by atoms with Gasteiger partial charge in [-0.1, -0.05) is 0 Å². The molecule has 0 saturated carbocycles. The molecule has 1 rings (SSSR count). The SMILES string of the molecule is COC(=O)c1cccnc1CNCCOCC(F)F. The van der Waals surface area contributed by atoms with Gasteiger partial charge < -0.3 is 14.8 Å². The predicted molar refractivity (Wildman–Crippen MR) is 64.1 cm³/mol. The van der Waals surface area contributed by atoms with E-state index < -0.39 is 19.0 Å². The van der Waals surface area contributed by atoms with Gasteiger partial charge in [0.2, 0.25) is 0 Å². The van der Waals surface area contributed by atoms with Crippen molar-refractivity contribution in [2.45, 2.75) is 13.0 Å². The Labute approximate surface area is 109 Å². The third kappa shape index (κ3) is 5.71. The van der Waals surface area contributed by atoms with Crippen LogP contribution in [-0.2, 0) is 16.0 Å². The number of carbonyl (C=O) groups is 1. The summed E-state index contributed by atoms with van der Waals surface area (Å²) in [6.45, 7) is 0.330. The van der Waals surface area contributed by atoms with Crippen molar-refractivity contribution in [2.24, 2.45) is 0 Å². The molecule has 19 heavy (non-hydrogen) atoms. The lowest BCUT2D eigenvalue weighted by Crippen LogP contribution is -2.22. The summed E-state index contributed by atoms with van der Waals surface area (Å²) in [4.78, 5) is 15.5. The molecule has 0 radical (unpaired) electrons. The number of pyridine rings is 1. The highest BCUT2D eigenvalue weighted by molar-refractivity contribution is 5.90. The second-order valence-electron chi connectivity index (χ2n) is 3.63. The number of halogens is 2. The molecule has 0 aromatic carbocycles. The molecule has 0 fully saturated rings. The van der Waals surface area contributed by atoms with Gasteiger partial charge in [0.25, 0.3) is 6.43 Å². The first kappa shape index (κ1) is 15.5. The van der Waals surface area contributed by atoms with Crippen LogP contribution in [0, 0.1) is 0 Å². The molecule has 0 saturated heterocycles. The zero-order valence-corrected chi connectivity index (χ0v) is 10.6. The van der Waals surface area contributed by atoms with Gasteiger partial charge in [-0.15, -0.1) is 0 Å². The van der Waals surface area contributed by atoms with Gasteiger partial charge in [-0.2, -0.15) is 0 Å². The minimum atomic E-state index is -2.46. The van der Waals surface area contributed by atoms with E-state index in [1.807, 2.05) is 0 Å². The highest BCUT2D eigenvalue weighted by Gasteiger charge is 2.11. The Morgan fingerprint density at radius 3 is 3.00 bits per heavy atom. The van der Waals surface area contributed by atoms with Gasteiger partial charge in [0.15, 0.2) is 0 Å². The molecule has 5 nitrogen and oxygen atoms in total. The number of alkyl halides is 2. The molecule has 0 aliphatic heterocycles. The van der Waals surface area contributed by atoms with E-state index in [-0.39, 0.29) is 6.61 Å². The van der Waals surface area contributed by atoms with Crippen LogP contribution in [-0.4, -0.2) is 44.2 Å². The van der Waals surface area contributed by atoms with E-state index in [1.54, 1.807) is 18.3 Å². The predicted octanol–water partition coefficient (Wildman–Crippen LogP) is 1.24. The average molecular weight is 274 g/mol. The quantitative estimate of drug-likeness (QED) is 0.571. The number of rotatable bonds is 8. The number of methoxy groups -OCH3 is 1. The van der Waals surface area contributed by atoms with Gasteiger partial charge in [-0.05, 0) is 12.1 Å². The van der Waals surface area contributed by atoms with Gasteiger partial charge in [0.1, 0.15) is 6.61 Å². The lowest BCUT2D eigenvalue weighted by molar-refractivity contribution is 0.0187. The molecular formula is C12H16F2N2O3. The number of carbonyl (C=O) groups excluding carboxylic acids is 1. The van der Waals surface area contributed by atoms with Gasteiger partial charge in [-0.3, -0.25) is 4.98 Å². The molecule has 0 unspecified atom stereocenters. The molecule has 0 aliphatic rings.